The van der Waals surface area contributed by atoms with Gasteiger partial charge >= 0.3 is 0 Å². The Labute approximate surface area is 113 Å². The molecule has 18 heavy (non-hydrogen) atoms. The number of nitrogens with one attached hydrogen (secondary N) is 1. The molecule has 6 heteroatoms. The van der Waals surface area contributed by atoms with Crippen molar-refractivity contribution in [1.82, 2.24) is 19.7 Å². The molecule has 1 aromatic rings. The Balaban J connectivity index is 1.85. The monoisotopic (exact) mass is 267 g/mol. The van der Waals surface area contributed by atoms with Gasteiger partial charge in [0.15, 0.2) is 4.77 Å². The number of likely N-dealkylation sites (N-methyl/N-ethyl adjacent to an activating group) is 1. The second-order valence-electron chi connectivity index (χ2n) is 5.43. The van der Waals surface area contributed by atoms with Crippen molar-refractivity contribution in [3.63, 3.8) is 0 Å². The van der Waals surface area contributed by atoms with Gasteiger partial charge in [-0.3, -0.25) is 4.57 Å². The SMILES string of the molecule is CN1CCN(c2n[nH]c(=S)n2C2CCCC2)CC1. The molecule has 1 saturated carbocycles. The predicted molar refractivity (Wildman–Crippen MR) is 74.6 cm³/mol. The lowest BCUT2D eigenvalue weighted by Gasteiger charge is -2.33. The number of aromatic amines is 1. The predicted octanol–water partition coefficient (Wildman–Crippen LogP) is 1.81. The van der Waals surface area contributed by atoms with Gasteiger partial charge in [0.25, 0.3) is 0 Å². The average molecular weight is 267 g/mol. The molecular weight excluding hydrogens is 246 g/mol. The van der Waals surface area contributed by atoms with Crippen LogP contribution < -0.4 is 4.90 Å². The van der Waals surface area contributed by atoms with E-state index in [-0.39, 0.29) is 0 Å². The van der Waals surface area contributed by atoms with Crippen LogP contribution in [0.25, 0.3) is 0 Å². The maximum Gasteiger partial charge on any atom is 0.226 e. The van der Waals surface area contributed by atoms with E-state index in [1.165, 1.54) is 25.7 Å². The van der Waals surface area contributed by atoms with Crippen LogP contribution in [0.2, 0.25) is 0 Å². The zero-order valence-electron chi connectivity index (χ0n) is 10.9. The van der Waals surface area contributed by atoms with E-state index in [2.05, 4.69) is 31.6 Å². The van der Waals surface area contributed by atoms with Gasteiger partial charge in [-0.15, -0.1) is 5.10 Å². The number of rotatable bonds is 2. The second-order valence-corrected chi connectivity index (χ2v) is 5.81. The van der Waals surface area contributed by atoms with E-state index in [0.717, 1.165) is 36.9 Å². The molecule has 100 valence electrons. The Hall–Kier alpha value is -0.880. The van der Waals surface area contributed by atoms with E-state index in [1.54, 1.807) is 0 Å². The van der Waals surface area contributed by atoms with Gasteiger partial charge in [0.2, 0.25) is 5.95 Å². The van der Waals surface area contributed by atoms with Crippen molar-refractivity contribution < 1.29 is 0 Å². The van der Waals surface area contributed by atoms with Crippen molar-refractivity contribution >= 4 is 18.2 Å². The number of hydrogen-bond acceptors (Lipinski definition) is 4. The van der Waals surface area contributed by atoms with Gasteiger partial charge in [0.05, 0.1) is 0 Å². The van der Waals surface area contributed by atoms with Crippen molar-refractivity contribution in [2.45, 2.75) is 31.7 Å². The normalized spacial score (nSPS) is 22.8. The lowest BCUT2D eigenvalue weighted by Crippen LogP contribution is -2.45. The van der Waals surface area contributed by atoms with E-state index in [9.17, 15) is 0 Å². The van der Waals surface area contributed by atoms with Crippen LogP contribution in [0.5, 0.6) is 0 Å². The summed E-state index contributed by atoms with van der Waals surface area (Å²) < 4.78 is 3.05. The number of piperazine rings is 1. The fourth-order valence-corrected chi connectivity index (χ4v) is 3.29. The molecule has 2 heterocycles. The highest BCUT2D eigenvalue weighted by Crippen LogP contribution is 2.32. The lowest BCUT2D eigenvalue weighted by atomic mass is 10.2. The zero-order chi connectivity index (χ0) is 12.5. The Morgan fingerprint density at radius 3 is 2.50 bits per heavy atom. The zero-order valence-corrected chi connectivity index (χ0v) is 11.7. The first-order chi connectivity index (χ1) is 8.75. The smallest absolute Gasteiger partial charge is 0.226 e. The van der Waals surface area contributed by atoms with E-state index < -0.39 is 0 Å². The van der Waals surface area contributed by atoms with Crippen molar-refractivity contribution in [1.29, 1.82) is 0 Å². The first-order valence-corrected chi connectivity index (χ1v) is 7.27. The molecule has 0 aromatic carbocycles. The summed E-state index contributed by atoms with van der Waals surface area (Å²) in [5, 5.41) is 7.45. The molecule has 0 spiro atoms. The largest absolute Gasteiger partial charge is 0.338 e. The van der Waals surface area contributed by atoms with Crippen molar-refractivity contribution in [3.8, 4) is 0 Å². The van der Waals surface area contributed by atoms with Gasteiger partial charge in [-0.05, 0) is 32.1 Å². The van der Waals surface area contributed by atoms with Crippen LogP contribution in [0, 0.1) is 4.77 Å². The van der Waals surface area contributed by atoms with E-state index in [4.69, 9.17) is 12.2 Å². The highest BCUT2D eigenvalue weighted by molar-refractivity contribution is 7.71. The molecule has 1 aliphatic carbocycles. The maximum atomic E-state index is 5.41. The molecule has 1 aromatic heterocycles. The fraction of sp³-hybridized carbons (Fsp3) is 0.833. The third kappa shape index (κ3) is 2.19. The lowest BCUT2D eigenvalue weighted by molar-refractivity contribution is 0.308. The molecule has 2 fully saturated rings. The molecule has 3 rings (SSSR count). The summed E-state index contributed by atoms with van der Waals surface area (Å²) in [6, 6.07) is 0.561. The summed E-state index contributed by atoms with van der Waals surface area (Å²) >= 11 is 5.41. The van der Waals surface area contributed by atoms with Crippen LogP contribution in [0.1, 0.15) is 31.7 Å². The topological polar surface area (TPSA) is 40.1 Å². The highest BCUT2D eigenvalue weighted by Gasteiger charge is 2.25. The third-order valence-electron chi connectivity index (χ3n) is 4.16. The van der Waals surface area contributed by atoms with Gasteiger partial charge in [-0.1, -0.05) is 12.8 Å². The van der Waals surface area contributed by atoms with Gasteiger partial charge in [-0.2, -0.15) is 0 Å². The molecule has 0 bridgehead atoms. The molecule has 0 unspecified atom stereocenters. The molecule has 1 saturated heterocycles. The van der Waals surface area contributed by atoms with Crippen LogP contribution >= 0.6 is 12.2 Å². The third-order valence-corrected chi connectivity index (χ3v) is 4.45. The van der Waals surface area contributed by atoms with Crippen molar-refractivity contribution in [2.75, 3.05) is 38.1 Å². The van der Waals surface area contributed by atoms with Crippen LogP contribution in [0.3, 0.4) is 0 Å². The Kier molecular flexibility index (Phi) is 3.39. The van der Waals surface area contributed by atoms with Crippen LogP contribution in [-0.4, -0.2) is 52.9 Å². The summed E-state index contributed by atoms with van der Waals surface area (Å²) in [5.74, 6) is 1.06. The van der Waals surface area contributed by atoms with Crippen LogP contribution in [0.15, 0.2) is 0 Å². The van der Waals surface area contributed by atoms with Gasteiger partial charge < -0.3 is 9.80 Å². The summed E-state index contributed by atoms with van der Waals surface area (Å²) in [5.41, 5.74) is 0. The first-order valence-electron chi connectivity index (χ1n) is 6.86. The Morgan fingerprint density at radius 2 is 1.83 bits per heavy atom. The summed E-state index contributed by atoms with van der Waals surface area (Å²) in [4.78, 5) is 4.72. The molecule has 1 N–H and O–H groups in total. The minimum absolute atomic E-state index is 0.561. The molecule has 0 amide bonds. The minimum Gasteiger partial charge on any atom is -0.338 e. The van der Waals surface area contributed by atoms with Gasteiger partial charge in [0.1, 0.15) is 0 Å². The van der Waals surface area contributed by atoms with E-state index >= 15 is 0 Å². The molecular formula is C12H21N5S. The number of hydrogen-bond donors (Lipinski definition) is 1. The van der Waals surface area contributed by atoms with Gasteiger partial charge in [0, 0.05) is 32.2 Å². The van der Waals surface area contributed by atoms with Gasteiger partial charge in [-0.25, -0.2) is 5.10 Å². The highest BCUT2D eigenvalue weighted by atomic mass is 32.1. The van der Waals surface area contributed by atoms with Crippen molar-refractivity contribution in [2.24, 2.45) is 0 Å². The van der Waals surface area contributed by atoms with Crippen LogP contribution in [0.4, 0.5) is 5.95 Å². The number of nitrogens with zero attached hydrogens (tertiary/aromatic N) is 4. The van der Waals surface area contributed by atoms with Crippen molar-refractivity contribution in [3.05, 3.63) is 4.77 Å². The number of aromatic nitrogens is 3. The summed E-state index contributed by atoms with van der Waals surface area (Å²) in [7, 11) is 2.17. The molecule has 2 aliphatic rings. The number of H-pyrrole nitrogens is 1. The summed E-state index contributed by atoms with van der Waals surface area (Å²) in [6.07, 6.45) is 5.13. The first kappa shape index (κ1) is 12.2. The van der Waals surface area contributed by atoms with E-state index in [1.807, 2.05) is 0 Å². The molecule has 1 aliphatic heterocycles. The van der Waals surface area contributed by atoms with E-state index in [0.29, 0.717) is 6.04 Å². The Bertz CT molecular complexity index is 451. The molecule has 0 radical (unpaired) electrons. The summed E-state index contributed by atoms with van der Waals surface area (Å²) in [6.45, 7) is 4.29. The quantitative estimate of drug-likeness (QED) is 0.830. The second kappa shape index (κ2) is 5.01. The number of anilines is 1. The molecule has 5 nitrogen and oxygen atoms in total. The minimum atomic E-state index is 0.561. The standard InChI is InChI=1S/C12H21N5S/c1-15-6-8-16(9-7-15)11-13-14-12(18)17(11)10-4-2-3-5-10/h10H,2-9H2,1H3,(H,14,18). The Morgan fingerprint density at radius 1 is 1.17 bits per heavy atom. The fourth-order valence-electron chi connectivity index (χ4n) is 3.02. The average Bonchev–Trinajstić information content (AvgIpc) is 2.99. The van der Waals surface area contributed by atoms with Crippen LogP contribution in [-0.2, 0) is 0 Å². The maximum absolute atomic E-state index is 5.41. The molecule has 0 atom stereocenters.